The summed E-state index contributed by atoms with van der Waals surface area (Å²) < 4.78 is 22.9. The van der Waals surface area contributed by atoms with Crippen LogP contribution in [0.2, 0.25) is 0 Å². The molecule has 3 aliphatic rings. The van der Waals surface area contributed by atoms with Crippen LogP contribution in [-0.4, -0.2) is 11.4 Å². The van der Waals surface area contributed by atoms with E-state index in [0.717, 1.165) is 95.8 Å². The first-order valence-electron chi connectivity index (χ1n) is 23.6. The molecule has 0 atom stereocenters. The van der Waals surface area contributed by atoms with Gasteiger partial charge in [-0.1, -0.05) is 115 Å². The Balaban J connectivity index is 1.10. The van der Waals surface area contributed by atoms with Crippen LogP contribution < -0.4 is 15.7 Å². The van der Waals surface area contributed by atoms with Crippen molar-refractivity contribution in [3.8, 4) is 16.8 Å². The summed E-state index contributed by atoms with van der Waals surface area (Å²) in [4.78, 5) is 2.61. The van der Waals surface area contributed by atoms with E-state index in [2.05, 4.69) is 191 Å². The Labute approximate surface area is 382 Å². The van der Waals surface area contributed by atoms with Crippen LogP contribution in [-0.2, 0) is 16.2 Å². The monoisotopic (exact) mass is 854 g/mol. The summed E-state index contributed by atoms with van der Waals surface area (Å²) in [6.45, 7) is 16.3. The zero-order valence-corrected chi connectivity index (χ0v) is 38.3. The van der Waals surface area contributed by atoms with E-state index < -0.39 is 0 Å². The molecule has 12 aromatic rings. The molecule has 6 heteroatoms. The maximum absolute atomic E-state index is 7.05. The van der Waals surface area contributed by atoms with Crippen molar-refractivity contribution in [3.05, 3.63) is 150 Å². The lowest BCUT2D eigenvalue weighted by Crippen LogP contribution is -2.60. The molecule has 0 N–H and O–H groups in total. The first kappa shape index (κ1) is 37.1. The number of furan rings is 3. The van der Waals surface area contributed by atoms with Crippen LogP contribution in [0.5, 0.6) is 0 Å². The van der Waals surface area contributed by atoms with Gasteiger partial charge >= 0.3 is 6.85 Å². The number of aromatic nitrogens is 1. The van der Waals surface area contributed by atoms with Crippen molar-refractivity contribution in [3.63, 3.8) is 0 Å². The molecule has 5 nitrogen and oxygen atoms in total. The number of fused-ring (bicyclic) bond motifs is 18. The van der Waals surface area contributed by atoms with E-state index >= 15 is 0 Å². The SMILES string of the molecule is CC(C)(C)c1ccc(N2B3c4cc5c(cc4-n4c6cc7oc8ccccc8c7cc6c6ccc(c3c64)-c3cc4c(cc32)oc2cc3c(cc24)C(C)(C)CCC3(C)C)oc2ccccc25)cc1. The van der Waals surface area contributed by atoms with Gasteiger partial charge in [-0.2, -0.15) is 0 Å². The van der Waals surface area contributed by atoms with E-state index in [1.807, 2.05) is 0 Å². The molecule has 0 saturated carbocycles. The van der Waals surface area contributed by atoms with Crippen LogP contribution in [0.4, 0.5) is 11.4 Å². The third-order valence-corrected chi connectivity index (χ3v) is 16.2. The predicted octanol–water partition coefficient (Wildman–Crippen LogP) is 15.4. The molecular weight excluding hydrogens is 807 g/mol. The lowest BCUT2D eigenvalue weighted by molar-refractivity contribution is 0.332. The van der Waals surface area contributed by atoms with E-state index in [-0.39, 0.29) is 23.1 Å². The van der Waals surface area contributed by atoms with E-state index in [0.29, 0.717) is 0 Å². The first-order chi connectivity index (χ1) is 31.8. The number of hydrogen-bond donors (Lipinski definition) is 0. The average molecular weight is 855 g/mol. The normalized spacial score (nSPS) is 16.2. The van der Waals surface area contributed by atoms with E-state index in [1.165, 1.54) is 60.4 Å². The second kappa shape index (κ2) is 12.0. The minimum atomic E-state index is -0.166. The quantitative estimate of drug-likeness (QED) is 0.154. The third-order valence-electron chi connectivity index (χ3n) is 16.2. The highest BCUT2D eigenvalue weighted by atomic mass is 16.3. The molecule has 6 heterocycles. The molecule has 0 spiro atoms. The summed E-state index contributed by atoms with van der Waals surface area (Å²) in [6, 6.07) is 50.0. The van der Waals surface area contributed by atoms with Gasteiger partial charge in [-0.3, -0.25) is 0 Å². The second-order valence-corrected chi connectivity index (χ2v) is 21.9. The molecule has 0 amide bonds. The summed E-state index contributed by atoms with van der Waals surface area (Å²) in [5.41, 5.74) is 20.5. The summed E-state index contributed by atoms with van der Waals surface area (Å²) in [7, 11) is 0. The van der Waals surface area contributed by atoms with Crippen molar-refractivity contribution in [1.29, 1.82) is 0 Å². The molecule has 0 bridgehead atoms. The molecule has 0 fully saturated rings. The lowest BCUT2D eigenvalue weighted by atomic mass is 9.44. The molecular formula is C60H47BN2O3. The zero-order valence-electron chi connectivity index (χ0n) is 38.3. The topological polar surface area (TPSA) is 47.6 Å². The number of anilines is 2. The maximum atomic E-state index is 7.05. The first-order valence-corrected chi connectivity index (χ1v) is 23.6. The lowest BCUT2D eigenvalue weighted by Gasteiger charge is -2.42. The molecule has 66 heavy (non-hydrogen) atoms. The molecule has 15 rings (SSSR count). The Hall–Kier alpha value is -7.18. The van der Waals surface area contributed by atoms with Gasteiger partial charge in [0.05, 0.1) is 11.0 Å². The highest BCUT2D eigenvalue weighted by Gasteiger charge is 2.45. The number of rotatable bonds is 1. The van der Waals surface area contributed by atoms with Gasteiger partial charge in [0.15, 0.2) is 0 Å². The van der Waals surface area contributed by atoms with Gasteiger partial charge in [0.1, 0.15) is 33.5 Å². The average Bonchev–Trinajstić information content (AvgIpc) is 4.05. The summed E-state index contributed by atoms with van der Waals surface area (Å²) in [6.07, 6.45) is 2.32. The van der Waals surface area contributed by atoms with Crippen LogP contribution in [0.1, 0.15) is 78.0 Å². The smallest absolute Gasteiger partial charge is 0.333 e. The Bertz CT molecular complexity index is 4170. The molecule has 0 radical (unpaired) electrons. The van der Waals surface area contributed by atoms with Crippen LogP contribution in [0, 0.1) is 0 Å². The van der Waals surface area contributed by atoms with E-state index in [1.54, 1.807) is 0 Å². The van der Waals surface area contributed by atoms with Crippen LogP contribution in [0.3, 0.4) is 0 Å². The van der Waals surface area contributed by atoms with Gasteiger partial charge in [-0.15, -0.1) is 0 Å². The van der Waals surface area contributed by atoms with Gasteiger partial charge in [0, 0.05) is 83.9 Å². The number of para-hydroxylation sites is 2. The van der Waals surface area contributed by atoms with Gasteiger partial charge in [0.25, 0.3) is 0 Å². The molecule has 8 aromatic carbocycles. The Morgan fingerprint density at radius 1 is 0.485 bits per heavy atom. The maximum Gasteiger partial charge on any atom is 0.333 e. The summed E-state index contributed by atoms with van der Waals surface area (Å²) in [5, 5.41) is 9.30. The summed E-state index contributed by atoms with van der Waals surface area (Å²) in [5.74, 6) is 0. The van der Waals surface area contributed by atoms with Crippen molar-refractivity contribution in [1.82, 2.24) is 4.57 Å². The second-order valence-electron chi connectivity index (χ2n) is 21.9. The minimum Gasteiger partial charge on any atom is -0.456 e. The number of hydrogen-bond acceptors (Lipinski definition) is 4. The molecule has 0 saturated heterocycles. The molecule has 2 aliphatic heterocycles. The fourth-order valence-corrected chi connectivity index (χ4v) is 12.6. The van der Waals surface area contributed by atoms with Gasteiger partial charge in [-0.05, 0) is 111 Å². The molecule has 318 valence electrons. The van der Waals surface area contributed by atoms with E-state index in [9.17, 15) is 0 Å². The Morgan fingerprint density at radius 2 is 1.06 bits per heavy atom. The van der Waals surface area contributed by atoms with Gasteiger partial charge < -0.3 is 22.6 Å². The Kier molecular flexibility index (Phi) is 6.73. The van der Waals surface area contributed by atoms with Crippen molar-refractivity contribution in [2.75, 3.05) is 4.81 Å². The number of benzene rings is 8. The minimum absolute atomic E-state index is 0.0106. The van der Waals surface area contributed by atoms with Crippen LogP contribution in [0.15, 0.2) is 147 Å². The number of nitrogens with zero attached hydrogens (tertiary/aromatic N) is 2. The third kappa shape index (κ3) is 4.67. The highest BCUT2D eigenvalue weighted by Crippen LogP contribution is 2.52. The molecule has 1 aliphatic carbocycles. The highest BCUT2D eigenvalue weighted by molar-refractivity contribution is 6.94. The van der Waals surface area contributed by atoms with Crippen LogP contribution >= 0.6 is 0 Å². The fourth-order valence-electron chi connectivity index (χ4n) is 12.6. The standard InChI is InChI=1S/C60H47BN2O3/c1-58(2,3)32-16-18-33(19-17-32)63-48-30-54-41(42-26-44-45(28-52(42)66-54)60(6,7)23-22-59(44,4)5)24-38(48)36-20-21-37-39-25-40-34-12-8-10-14-50(34)64-53(40)29-47(39)62-49-31-55-43(35-13-9-11-15-51(35)65-55)27-46(49)61(63)56(36)57(37)62/h8-21,24-31H,22-23H2,1-7H3. The van der Waals surface area contributed by atoms with Crippen molar-refractivity contribution in [2.45, 2.75) is 77.6 Å². The van der Waals surface area contributed by atoms with Crippen molar-refractivity contribution >= 4 is 117 Å². The fraction of sp³-hybridized carbons (Fsp3) is 0.200. The largest absolute Gasteiger partial charge is 0.456 e. The van der Waals surface area contributed by atoms with Gasteiger partial charge in [-0.25, -0.2) is 0 Å². The molecule has 0 unspecified atom stereocenters. The summed E-state index contributed by atoms with van der Waals surface area (Å²) >= 11 is 0. The van der Waals surface area contributed by atoms with Gasteiger partial charge in [0.2, 0.25) is 0 Å². The van der Waals surface area contributed by atoms with Crippen molar-refractivity contribution in [2.24, 2.45) is 0 Å². The van der Waals surface area contributed by atoms with E-state index in [4.69, 9.17) is 13.3 Å². The zero-order chi connectivity index (χ0) is 44.3. The Morgan fingerprint density at radius 3 is 1.76 bits per heavy atom. The van der Waals surface area contributed by atoms with Crippen LogP contribution in [0.25, 0.3) is 104 Å². The predicted molar refractivity (Wildman–Crippen MR) is 276 cm³/mol. The molecule has 4 aromatic heterocycles. The van der Waals surface area contributed by atoms with Crippen molar-refractivity contribution < 1.29 is 13.3 Å².